The summed E-state index contributed by atoms with van der Waals surface area (Å²) in [4.78, 5) is 14.7. The topological polar surface area (TPSA) is 38.8 Å². The molecule has 0 spiro atoms. The summed E-state index contributed by atoms with van der Waals surface area (Å²) >= 11 is 13.0. The van der Waals surface area contributed by atoms with E-state index in [9.17, 15) is 9.18 Å². The Morgan fingerprint density at radius 2 is 1.84 bits per heavy atom. The maximum absolute atomic E-state index is 13.2. The van der Waals surface area contributed by atoms with Gasteiger partial charge in [0.05, 0.1) is 22.7 Å². The fourth-order valence-corrected chi connectivity index (χ4v) is 4.70. The van der Waals surface area contributed by atoms with E-state index in [4.69, 9.17) is 33.3 Å². The van der Waals surface area contributed by atoms with Gasteiger partial charge in [0.1, 0.15) is 12.4 Å². The van der Waals surface area contributed by atoms with Gasteiger partial charge in [-0.15, -0.1) is 0 Å². The van der Waals surface area contributed by atoms with E-state index in [1.165, 1.54) is 48.0 Å². The average molecular weight is 486 g/mol. The number of benzene rings is 3. The van der Waals surface area contributed by atoms with Gasteiger partial charge in [-0.05, 0) is 53.6 Å². The Balaban J connectivity index is 1.58. The minimum atomic E-state index is -0.383. The predicted octanol–water partition coefficient (Wildman–Crippen LogP) is 6.47. The molecule has 0 saturated carbocycles. The summed E-state index contributed by atoms with van der Waals surface area (Å²) in [6.45, 7) is 0.340. The largest absolute Gasteiger partial charge is 0.493 e. The number of carbonyl (C=O) groups is 1. The SMILES string of the molecule is COc1cc(/C=C2/SC(=S)N(c3ccc(F)cc3)C2=O)cc(Cl)c1OCc1ccccc1. The highest BCUT2D eigenvalue weighted by molar-refractivity contribution is 8.27. The van der Waals surface area contributed by atoms with Crippen LogP contribution < -0.4 is 14.4 Å². The van der Waals surface area contributed by atoms with E-state index in [0.717, 1.165) is 5.56 Å². The van der Waals surface area contributed by atoms with Gasteiger partial charge in [-0.1, -0.05) is 65.9 Å². The van der Waals surface area contributed by atoms with Crippen LogP contribution in [-0.2, 0) is 11.4 Å². The van der Waals surface area contributed by atoms with E-state index >= 15 is 0 Å². The fourth-order valence-electron chi connectivity index (χ4n) is 3.12. The van der Waals surface area contributed by atoms with E-state index in [2.05, 4.69) is 0 Å². The molecule has 0 aliphatic carbocycles. The van der Waals surface area contributed by atoms with E-state index < -0.39 is 0 Å². The third kappa shape index (κ3) is 4.80. The van der Waals surface area contributed by atoms with Gasteiger partial charge in [0.2, 0.25) is 0 Å². The zero-order valence-corrected chi connectivity index (χ0v) is 19.3. The second-order valence-electron chi connectivity index (χ2n) is 6.80. The Hall–Kier alpha value is -2.87. The van der Waals surface area contributed by atoms with Gasteiger partial charge in [0.25, 0.3) is 5.91 Å². The first-order valence-electron chi connectivity index (χ1n) is 9.54. The minimum Gasteiger partial charge on any atom is -0.493 e. The van der Waals surface area contributed by atoms with Crippen LogP contribution in [0.15, 0.2) is 71.6 Å². The van der Waals surface area contributed by atoms with Gasteiger partial charge in [0, 0.05) is 0 Å². The number of ether oxygens (including phenoxy) is 2. The van der Waals surface area contributed by atoms with E-state index in [-0.39, 0.29) is 11.7 Å². The van der Waals surface area contributed by atoms with Gasteiger partial charge in [-0.25, -0.2) is 4.39 Å². The molecule has 4 rings (SSSR count). The van der Waals surface area contributed by atoms with Crippen molar-refractivity contribution in [2.24, 2.45) is 0 Å². The Kier molecular flexibility index (Phi) is 6.79. The van der Waals surface area contributed by atoms with E-state index in [0.29, 0.717) is 43.6 Å². The summed E-state index contributed by atoms with van der Waals surface area (Å²) in [7, 11) is 1.53. The predicted molar refractivity (Wildman–Crippen MR) is 131 cm³/mol. The van der Waals surface area contributed by atoms with Crippen molar-refractivity contribution in [2.45, 2.75) is 6.61 Å². The van der Waals surface area contributed by atoms with Crippen LogP contribution in [0.3, 0.4) is 0 Å². The smallest absolute Gasteiger partial charge is 0.270 e. The number of halogens is 2. The Morgan fingerprint density at radius 3 is 2.53 bits per heavy atom. The molecule has 3 aromatic rings. The molecule has 1 amide bonds. The van der Waals surface area contributed by atoms with E-state index in [1.54, 1.807) is 18.2 Å². The molecule has 1 saturated heterocycles. The molecule has 0 atom stereocenters. The normalized spacial score (nSPS) is 14.8. The third-order valence-electron chi connectivity index (χ3n) is 4.65. The molecule has 1 fully saturated rings. The van der Waals surface area contributed by atoms with Gasteiger partial charge < -0.3 is 9.47 Å². The highest BCUT2D eigenvalue weighted by Crippen LogP contribution is 2.40. The Morgan fingerprint density at radius 1 is 1.12 bits per heavy atom. The summed E-state index contributed by atoms with van der Waals surface area (Å²) < 4.78 is 25.0. The van der Waals surface area contributed by atoms with Gasteiger partial charge >= 0.3 is 0 Å². The van der Waals surface area contributed by atoms with Crippen LogP contribution in [0.25, 0.3) is 6.08 Å². The molecule has 1 aliphatic heterocycles. The first kappa shape index (κ1) is 22.3. The van der Waals surface area contributed by atoms with Crippen LogP contribution in [0.1, 0.15) is 11.1 Å². The van der Waals surface area contributed by atoms with Crippen LogP contribution in [-0.4, -0.2) is 17.3 Å². The zero-order valence-electron chi connectivity index (χ0n) is 16.9. The number of hydrogen-bond acceptors (Lipinski definition) is 5. The first-order chi connectivity index (χ1) is 15.5. The summed E-state index contributed by atoms with van der Waals surface area (Å²) in [5, 5.41) is 0.362. The molecule has 1 heterocycles. The van der Waals surface area contributed by atoms with Gasteiger partial charge in [0.15, 0.2) is 15.8 Å². The molecule has 32 heavy (non-hydrogen) atoms. The maximum Gasteiger partial charge on any atom is 0.270 e. The van der Waals surface area contributed by atoms with Gasteiger partial charge in [-0.3, -0.25) is 9.69 Å². The number of anilines is 1. The molecule has 162 valence electrons. The number of hydrogen-bond donors (Lipinski definition) is 0. The van der Waals surface area contributed by atoms with Gasteiger partial charge in [-0.2, -0.15) is 0 Å². The van der Waals surface area contributed by atoms with Crippen molar-refractivity contribution < 1.29 is 18.7 Å². The lowest BCUT2D eigenvalue weighted by molar-refractivity contribution is -0.113. The lowest BCUT2D eigenvalue weighted by Gasteiger charge is -2.14. The van der Waals surface area contributed by atoms with Crippen molar-refractivity contribution in [3.8, 4) is 11.5 Å². The summed E-state index contributed by atoms with van der Waals surface area (Å²) in [6.07, 6.45) is 1.69. The van der Waals surface area contributed by atoms with Crippen LogP contribution in [0.4, 0.5) is 10.1 Å². The van der Waals surface area contributed by atoms with Crippen LogP contribution in [0, 0.1) is 5.82 Å². The number of amides is 1. The summed E-state index contributed by atoms with van der Waals surface area (Å²) in [5.41, 5.74) is 2.18. The average Bonchev–Trinajstić information content (AvgIpc) is 3.06. The number of thiocarbonyl (C=S) groups is 1. The molecule has 8 heteroatoms. The molecule has 0 unspecified atom stereocenters. The molecule has 0 bridgehead atoms. The second kappa shape index (κ2) is 9.73. The fraction of sp³-hybridized carbons (Fsp3) is 0.0833. The highest BCUT2D eigenvalue weighted by Gasteiger charge is 2.33. The third-order valence-corrected chi connectivity index (χ3v) is 6.24. The monoisotopic (exact) mass is 485 g/mol. The zero-order chi connectivity index (χ0) is 22.7. The van der Waals surface area contributed by atoms with Crippen molar-refractivity contribution >= 4 is 57.6 Å². The lowest BCUT2D eigenvalue weighted by atomic mass is 10.1. The van der Waals surface area contributed by atoms with Crippen molar-refractivity contribution in [1.29, 1.82) is 0 Å². The molecule has 1 aliphatic rings. The number of nitrogens with zero attached hydrogens (tertiary/aromatic N) is 1. The Bertz CT molecular complexity index is 1200. The van der Waals surface area contributed by atoms with Crippen LogP contribution in [0.5, 0.6) is 11.5 Å². The number of carbonyl (C=O) groups excluding carboxylic acids is 1. The molecule has 4 nitrogen and oxygen atoms in total. The summed E-state index contributed by atoms with van der Waals surface area (Å²) in [6, 6.07) is 18.8. The van der Waals surface area contributed by atoms with Crippen molar-refractivity contribution in [3.05, 3.63) is 93.6 Å². The molecule has 0 aromatic heterocycles. The Labute approximate surface area is 199 Å². The molecule has 3 aromatic carbocycles. The van der Waals surface area contributed by atoms with E-state index in [1.807, 2.05) is 30.3 Å². The molecule has 0 N–H and O–H groups in total. The minimum absolute atomic E-state index is 0.286. The molecule has 0 radical (unpaired) electrons. The maximum atomic E-state index is 13.2. The van der Waals surface area contributed by atoms with Crippen LogP contribution >= 0.6 is 35.6 Å². The number of thioether (sulfide) groups is 1. The molecular formula is C24H17ClFNO3S2. The van der Waals surface area contributed by atoms with Crippen LogP contribution in [0.2, 0.25) is 5.02 Å². The lowest BCUT2D eigenvalue weighted by Crippen LogP contribution is -2.27. The van der Waals surface area contributed by atoms with Crippen molar-refractivity contribution in [2.75, 3.05) is 12.0 Å². The standard InChI is InChI=1S/C24H17ClFNO3S2/c1-29-20-12-16(11-19(25)22(20)30-14-15-5-3-2-4-6-15)13-21-23(28)27(24(31)32-21)18-9-7-17(26)8-10-18/h2-13H,14H2,1H3/b21-13+. The van der Waals surface area contributed by atoms with Crippen molar-refractivity contribution in [3.63, 3.8) is 0 Å². The molecular weight excluding hydrogens is 469 g/mol. The summed E-state index contributed by atoms with van der Waals surface area (Å²) in [5.74, 6) is 0.208. The quantitative estimate of drug-likeness (QED) is 0.295. The van der Waals surface area contributed by atoms with Crippen molar-refractivity contribution in [1.82, 2.24) is 0 Å². The second-order valence-corrected chi connectivity index (χ2v) is 8.88. The highest BCUT2D eigenvalue weighted by atomic mass is 35.5. The first-order valence-corrected chi connectivity index (χ1v) is 11.1. The number of rotatable bonds is 6. The number of methoxy groups -OCH3 is 1.